The number of aromatic nitrogens is 1. The first-order valence-electron chi connectivity index (χ1n) is 7.31. The lowest BCUT2D eigenvalue weighted by atomic mass is 10.0. The molecule has 22 heavy (non-hydrogen) atoms. The van der Waals surface area contributed by atoms with E-state index in [2.05, 4.69) is 9.88 Å². The Morgan fingerprint density at radius 2 is 2.18 bits per heavy atom. The van der Waals surface area contributed by atoms with Gasteiger partial charge in [-0.25, -0.2) is 4.39 Å². The summed E-state index contributed by atoms with van der Waals surface area (Å²) in [5, 5.41) is 0.352. The van der Waals surface area contributed by atoms with Crippen LogP contribution >= 0.6 is 0 Å². The van der Waals surface area contributed by atoms with Gasteiger partial charge in [0.25, 0.3) is 0 Å². The number of pyridine rings is 1. The topological polar surface area (TPSA) is 62.4 Å². The summed E-state index contributed by atoms with van der Waals surface area (Å²) >= 11 is 0. The van der Waals surface area contributed by atoms with Crippen LogP contribution in [-0.4, -0.2) is 35.5 Å². The summed E-state index contributed by atoms with van der Waals surface area (Å²) in [6.45, 7) is 2.36. The number of nitrogens with one attached hydrogen (secondary N) is 1. The number of aromatic amines is 1. The molecule has 0 bridgehead atoms. The molecule has 0 aliphatic carbocycles. The van der Waals surface area contributed by atoms with E-state index in [9.17, 15) is 14.0 Å². The van der Waals surface area contributed by atoms with E-state index >= 15 is 0 Å². The number of cyclic esters (lactones) is 1. The van der Waals surface area contributed by atoms with Gasteiger partial charge in [-0.05, 0) is 12.1 Å². The average molecular weight is 302 g/mol. The average Bonchev–Trinajstić information content (AvgIpc) is 3.02. The lowest BCUT2D eigenvalue weighted by molar-refractivity contribution is -0.141. The number of fused-ring (bicyclic) bond motifs is 2. The van der Waals surface area contributed by atoms with E-state index in [1.54, 1.807) is 6.07 Å². The van der Waals surface area contributed by atoms with E-state index in [1.807, 2.05) is 0 Å². The summed E-state index contributed by atoms with van der Waals surface area (Å²) in [4.78, 5) is 28.8. The minimum atomic E-state index is -0.432. The SMILES string of the molecule is O=C1OC[C@H]2CN(Cc3cc(=O)c4cccc(F)c4[nH]3)C[C@@H]12. The summed E-state index contributed by atoms with van der Waals surface area (Å²) in [6, 6.07) is 5.98. The van der Waals surface area contributed by atoms with Crippen LogP contribution in [0.25, 0.3) is 10.9 Å². The molecule has 5 nitrogen and oxygen atoms in total. The highest BCUT2D eigenvalue weighted by atomic mass is 19.1. The molecule has 0 spiro atoms. The number of halogens is 1. The Hall–Kier alpha value is -2.21. The molecule has 2 aliphatic heterocycles. The molecule has 1 N–H and O–H groups in total. The molecule has 6 heteroatoms. The van der Waals surface area contributed by atoms with Gasteiger partial charge >= 0.3 is 5.97 Å². The van der Waals surface area contributed by atoms with Crippen molar-refractivity contribution in [3.05, 3.63) is 46.0 Å². The van der Waals surface area contributed by atoms with Gasteiger partial charge in [0.1, 0.15) is 5.82 Å². The summed E-state index contributed by atoms with van der Waals surface area (Å²) in [7, 11) is 0. The van der Waals surface area contributed by atoms with Crippen molar-refractivity contribution in [1.29, 1.82) is 0 Å². The van der Waals surface area contributed by atoms with Crippen LogP contribution in [0, 0.1) is 17.7 Å². The predicted molar refractivity (Wildman–Crippen MR) is 77.7 cm³/mol. The molecule has 2 saturated heterocycles. The third kappa shape index (κ3) is 2.11. The van der Waals surface area contributed by atoms with Gasteiger partial charge in [-0.3, -0.25) is 14.5 Å². The number of carbonyl (C=O) groups excluding carboxylic acids is 1. The first-order chi connectivity index (χ1) is 10.6. The van der Waals surface area contributed by atoms with Crippen molar-refractivity contribution in [2.24, 2.45) is 11.8 Å². The highest BCUT2D eigenvalue weighted by molar-refractivity contribution is 5.79. The summed E-state index contributed by atoms with van der Waals surface area (Å²) in [5.74, 6) is -0.399. The molecule has 2 aliphatic rings. The van der Waals surface area contributed by atoms with Gasteiger partial charge in [0, 0.05) is 42.7 Å². The van der Waals surface area contributed by atoms with E-state index in [4.69, 9.17) is 4.74 Å². The fraction of sp³-hybridized carbons (Fsp3) is 0.375. The van der Waals surface area contributed by atoms with Crippen LogP contribution < -0.4 is 5.43 Å². The smallest absolute Gasteiger partial charge is 0.310 e. The minimum Gasteiger partial charge on any atom is -0.465 e. The Bertz CT molecular complexity index is 817. The highest BCUT2D eigenvalue weighted by Gasteiger charge is 2.43. The maximum Gasteiger partial charge on any atom is 0.310 e. The van der Waals surface area contributed by atoms with Crippen LogP contribution in [-0.2, 0) is 16.1 Å². The van der Waals surface area contributed by atoms with Crippen LogP contribution in [0.15, 0.2) is 29.1 Å². The molecule has 0 radical (unpaired) electrons. The molecule has 2 atom stereocenters. The molecule has 1 aromatic heterocycles. The maximum atomic E-state index is 13.9. The van der Waals surface area contributed by atoms with E-state index < -0.39 is 5.82 Å². The van der Waals surface area contributed by atoms with Gasteiger partial charge in [0.15, 0.2) is 5.43 Å². The highest BCUT2D eigenvalue weighted by Crippen LogP contribution is 2.30. The first kappa shape index (κ1) is 13.5. The van der Waals surface area contributed by atoms with E-state index in [0.29, 0.717) is 30.8 Å². The Morgan fingerprint density at radius 3 is 3.00 bits per heavy atom. The number of hydrogen-bond donors (Lipinski definition) is 1. The molecule has 0 unspecified atom stereocenters. The van der Waals surface area contributed by atoms with Crippen molar-refractivity contribution in [2.75, 3.05) is 19.7 Å². The molecule has 114 valence electrons. The number of H-pyrrole nitrogens is 1. The zero-order valence-corrected chi connectivity index (χ0v) is 11.8. The molecule has 2 fully saturated rings. The molecule has 2 aromatic rings. The van der Waals surface area contributed by atoms with Crippen molar-refractivity contribution in [2.45, 2.75) is 6.54 Å². The van der Waals surface area contributed by atoms with Gasteiger partial charge < -0.3 is 9.72 Å². The minimum absolute atomic E-state index is 0.0658. The van der Waals surface area contributed by atoms with Crippen LogP contribution in [0.1, 0.15) is 5.69 Å². The molecule has 0 saturated carbocycles. The van der Waals surface area contributed by atoms with Gasteiger partial charge in [-0.1, -0.05) is 6.07 Å². The number of hydrogen-bond acceptors (Lipinski definition) is 4. The molecule has 0 amide bonds. The molecular weight excluding hydrogens is 287 g/mol. The number of benzene rings is 1. The van der Waals surface area contributed by atoms with Gasteiger partial charge in [0.2, 0.25) is 0 Å². The second-order valence-corrected chi connectivity index (χ2v) is 6.01. The van der Waals surface area contributed by atoms with Gasteiger partial charge in [-0.2, -0.15) is 0 Å². The Balaban J connectivity index is 1.62. The molecule has 1 aromatic carbocycles. The Labute approximate surface area is 125 Å². The van der Waals surface area contributed by atoms with E-state index in [0.717, 1.165) is 6.54 Å². The monoisotopic (exact) mass is 302 g/mol. The summed E-state index contributed by atoms with van der Waals surface area (Å²) < 4.78 is 18.9. The normalized spacial score (nSPS) is 24.7. The fourth-order valence-electron chi connectivity index (χ4n) is 3.44. The Kier molecular flexibility index (Phi) is 3.00. The van der Waals surface area contributed by atoms with Crippen LogP contribution in [0.3, 0.4) is 0 Å². The van der Waals surface area contributed by atoms with Crippen molar-refractivity contribution in [1.82, 2.24) is 9.88 Å². The van der Waals surface area contributed by atoms with Crippen molar-refractivity contribution in [3.63, 3.8) is 0 Å². The second-order valence-electron chi connectivity index (χ2n) is 6.01. The number of para-hydroxylation sites is 1. The van der Waals surface area contributed by atoms with Crippen LogP contribution in [0.5, 0.6) is 0 Å². The second kappa shape index (κ2) is 4.91. The summed E-state index contributed by atoms with van der Waals surface area (Å²) in [5.41, 5.74) is 0.710. The lowest BCUT2D eigenvalue weighted by Gasteiger charge is -2.16. The number of carbonyl (C=O) groups is 1. The Morgan fingerprint density at radius 1 is 1.32 bits per heavy atom. The number of ether oxygens (including phenoxy) is 1. The number of rotatable bonds is 2. The third-order valence-corrected chi connectivity index (χ3v) is 4.52. The quantitative estimate of drug-likeness (QED) is 0.849. The van der Waals surface area contributed by atoms with Gasteiger partial charge in [0.05, 0.1) is 18.0 Å². The molecule has 3 heterocycles. The van der Waals surface area contributed by atoms with Crippen LogP contribution in [0.4, 0.5) is 4.39 Å². The predicted octanol–water partition coefficient (Wildman–Crippen LogP) is 1.27. The third-order valence-electron chi connectivity index (χ3n) is 4.52. The van der Waals surface area contributed by atoms with Crippen molar-refractivity contribution < 1.29 is 13.9 Å². The zero-order valence-electron chi connectivity index (χ0n) is 11.8. The van der Waals surface area contributed by atoms with Crippen molar-refractivity contribution in [3.8, 4) is 0 Å². The maximum absolute atomic E-state index is 13.9. The van der Waals surface area contributed by atoms with Crippen LogP contribution in [0.2, 0.25) is 0 Å². The summed E-state index contributed by atoms with van der Waals surface area (Å²) in [6.07, 6.45) is 0. The van der Waals surface area contributed by atoms with E-state index in [-0.39, 0.29) is 28.8 Å². The lowest BCUT2D eigenvalue weighted by Crippen LogP contribution is -2.24. The largest absolute Gasteiger partial charge is 0.465 e. The standard InChI is InChI=1S/C16H15FN2O3/c17-13-3-1-2-11-14(20)4-10(18-15(11)13)6-19-5-9-8-22-16(21)12(9)7-19/h1-4,9,12H,5-8H2,(H,18,20)/t9-,12-/m1/s1. The fourth-order valence-corrected chi connectivity index (χ4v) is 3.44. The zero-order chi connectivity index (χ0) is 15.3. The number of esters is 1. The van der Waals surface area contributed by atoms with Gasteiger partial charge in [-0.15, -0.1) is 0 Å². The number of likely N-dealkylation sites (tertiary alicyclic amines) is 1. The number of nitrogens with zero attached hydrogens (tertiary/aromatic N) is 1. The first-order valence-corrected chi connectivity index (χ1v) is 7.31. The molecule has 4 rings (SSSR count). The van der Waals surface area contributed by atoms with E-state index in [1.165, 1.54) is 18.2 Å². The molecular formula is C16H15FN2O3. The van der Waals surface area contributed by atoms with Crippen molar-refractivity contribution >= 4 is 16.9 Å².